The molecule has 21 heavy (non-hydrogen) atoms. The standard InChI is InChI=1S/C15H21N3O3/c1-19-12-8-7-11(10-13(12)20-2)15-17-14(21-18-15)6-4-3-5-9-16/h7-8,10H,3-6,9,16H2,1-2H3. The smallest absolute Gasteiger partial charge is 0.226 e. The van der Waals surface area contributed by atoms with Crippen LogP contribution >= 0.6 is 0 Å². The van der Waals surface area contributed by atoms with Gasteiger partial charge in [0, 0.05) is 12.0 Å². The second kappa shape index (κ2) is 7.64. The molecule has 0 aliphatic rings. The van der Waals surface area contributed by atoms with E-state index in [4.69, 9.17) is 19.7 Å². The molecular formula is C15H21N3O3. The number of aromatic nitrogens is 2. The predicted octanol–water partition coefficient (Wildman–Crippen LogP) is 2.43. The highest BCUT2D eigenvalue weighted by Crippen LogP contribution is 2.31. The van der Waals surface area contributed by atoms with Crippen molar-refractivity contribution in [2.75, 3.05) is 20.8 Å². The summed E-state index contributed by atoms with van der Waals surface area (Å²) in [5, 5.41) is 4.01. The molecule has 6 nitrogen and oxygen atoms in total. The molecule has 0 saturated heterocycles. The number of rotatable bonds is 8. The molecule has 114 valence electrons. The van der Waals surface area contributed by atoms with E-state index in [1.165, 1.54) is 0 Å². The Balaban J connectivity index is 2.06. The maximum atomic E-state index is 5.47. The van der Waals surface area contributed by atoms with Crippen molar-refractivity contribution in [2.24, 2.45) is 5.73 Å². The minimum absolute atomic E-state index is 0.560. The fraction of sp³-hybridized carbons (Fsp3) is 0.467. The van der Waals surface area contributed by atoms with E-state index in [0.717, 1.165) is 37.8 Å². The zero-order chi connectivity index (χ0) is 15.1. The maximum Gasteiger partial charge on any atom is 0.226 e. The molecule has 0 aliphatic carbocycles. The Hall–Kier alpha value is -2.08. The summed E-state index contributed by atoms with van der Waals surface area (Å²) in [4.78, 5) is 4.40. The molecule has 0 unspecified atom stereocenters. The predicted molar refractivity (Wildman–Crippen MR) is 79.4 cm³/mol. The van der Waals surface area contributed by atoms with Gasteiger partial charge in [-0.05, 0) is 37.6 Å². The zero-order valence-corrected chi connectivity index (χ0v) is 12.5. The lowest BCUT2D eigenvalue weighted by Gasteiger charge is -2.07. The maximum absolute atomic E-state index is 5.47. The third-order valence-electron chi connectivity index (χ3n) is 3.20. The number of nitrogens with two attached hydrogens (primary N) is 1. The third kappa shape index (κ3) is 3.95. The van der Waals surface area contributed by atoms with Crippen molar-refractivity contribution in [1.82, 2.24) is 10.1 Å². The van der Waals surface area contributed by atoms with Crippen molar-refractivity contribution in [2.45, 2.75) is 25.7 Å². The molecule has 0 amide bonds. The van der Waals surface area contributed by atoms with Gasteiger partial charge in [-0.25, -0.2) is 0 Å². The molecule has 0 fully saturated rings. The summed E-state index contributed by atoms with van der Waals surface area (Å²) in [5.74, 6) is 2.53. The number of methoxy groups -OCH3 is 2. The van der Waals surface area contributed by atoms with Gasteiger partial charge in [-0.2, -0.15) is 4.98 Å². The minimum atomic E-state index is 0.560. The summed E-state index contributed by atoms with van der Waals surface area (Å²) in [6.45, 7) is 0.723. The van der Waals surface area contributed by atoms with Crippen molar-refractivity contribution in [3.8, 4) is 22.9 Å². The Morgan fingerprint density at radius 2 is 1.90 bits per heavy atom. The highest BCUT2D eigenvalue weighted by molar-refractivity contribution is 5.60. The third-order valence-corrected chi connectivity index (χ3v) is 3.20. The van der Waals surface area contributed by atoms with Crippen LogP contribution in [-0.2, 0) is 6.42 Å². The van der Waals surface area contributed by atoms with Crippen LogP contribution in [0, 0.1) is 0 Å². The first kappa shape index (κ1) is 15.3. The fourth-order valence-corrected chi connectivity index (χ4v) is 2.05. The van der Waals surface area contributed by atoms with E-state index >= 15 is 0 Å². The molecule has 6 heteroatoms. The van der Waals surface area contributed by atoms with Gasteiger partial charge in [0.25, 0.3) is 0 Å². The van der Waals surface area contributed by atoms with Crippen LogP contribution < -0.4 is 15.2 Å². The summed E-state index contributed by atoms with van der Waals surface area (Å²) in [5.41, 5.74) is 6.30. The molecule has 0 spiro atoms. The monoisotopic (exact) mass is 291 g/mol. The number of aryl methyl sites for hydroxylation is 1. The average Bonchev–Trinajstić information content (AvgIpc) is 2.99. The van der Waals surface area contributed by atoms with E-state index in [1.54, 1.807) is 14.2 Å². The first-order chi connectivity index (χ1) is 10.3. The van der Waals surface area contributed by atoms with Gasteiger partial charge in [0.05, 0.1) is 14.2 Å². The van der Waals surface area contributed by atoms with Gasteiger partial charge in [0.2, 0.25) is 11.7 Å². The van der Waals surface area contributed by atoms with Gasteiger partial charge in [-0.3, -0.25) is 0 Å². The zero-order valence-electron chi connectivity index (χ0n) is 12.5. The molecule has 1 aromatic carbocycles. The summed E-state index contributed by atoms with van der Waals surface area (Å²) in [6.07, 6.45) is 3.88. The van der Waals surface area contributed by atoms with Gasteiger partial charge < -0.3 is 19.7 Å². The molecule has 0 bridgehead atoms. The Morgan fingerprint density at radius 1 is 1.10 bits per heavy atom. The number of benzene rings is 1. The highest BCUT2D eigenvalue weighted by Gasteiger charge is 2.11. The van der Waals surface area contributed by atoms with Gasteiger partial charge >= 0.3 is 0 Å². The lowest BCUT2D eigenvalue weighted by Crippen LogP contribution is -1.98. The van der Waals surface area contributed by atoms with Crippen molar-refractivity contribution in [3.05, 3.63) is 24.1 Å². The SMILES string of the molecule is COc1ccc(-c2noc(CCCCCN)n2)cc1OC. The molecule has 1 heterocycles. The molecule has 0 saturated carbocycles. The van der Waals surface area contributed by atoms with Gasteiger partial charge in [0.1, 0.15) is 0 Å². The highest BCUT2D eigenvalue weighted by atomic mass is 16.5. The lowest BCUT2D eigenvalue weighted by atomic mass is 10.2. The quantitative estimate of drug-likeness (QED) is 0.752. The Bertz CT molecular complexity index is 569. The van der Waals surface area contributed by atoms with Crippen molar-refractivity contribution >= 4 is 0 Å². The molecule has 0 aliphatic heterocycles. The summed E-state index contributed by atoms with van der Waals surface area (Å²) in [7, 11) is 3.20. The summed E-state index contributed by atoms with van der Waals surface area (Å²) < 4.78 is 15.7. The summed E-state index contributed by atoms with van der Waals surface area (Å²) in [6, 6.07) is 5.54. The van der Waals surface area contributed by atoms with Crippen LogP contribution in [0.15, 0.2) is 22.7 Å². The lowest BCUT2D eigenvalue weighted by molar-refractivity contribution is 0.355. The number of unbranched alkanes of at least 4 members (excludes halogenated alkanes) is 2. The van der Waals surface area contributed by atoms with Crippen LogP contribution in [0.5, 0.6) is 11.5 Å². The van der Waals surface area contributed by atoms with Gasteiger partial charge in [0.15, 0.2) is 11.5 Å². The van der Waals surface area contributed by atoms with Crippen LogP contribution in [0.1, 0.15) is 25.2 Å². The molecule has 0 atom stereocenters. The molecule has 0 radical (unpaired) electrons. The van der Waals surface area contributed by atoms with Crippen LogP contribution in [0.25, 0.3) is 11.4 Å². The van der Waals surface area contributed by atoms with E-state index in [1.807, 2.05) is 18.2 Å². The Morgan fingerprint density at radius 3 is 2.62 bits per heavy atom. The van der Waals surface area contributed by atoms with Crippen molar-refractivity contribution in [1.29, 1.82) is 0 Å². The Kier molecular flexibility index (Phi) is 5.57. The van der Waals surface area contributed by atoms with E-state index < -0.39 is 0 Å². The minimum Gasteiger partial charge on any atom is -0.493 e. The van der Waals surface area contributed by atoms with E-state index in [0.29, 0.717) is 23.2 Å². The van der Waals surface area contributed by atoms with Crippen LogP contribution in [0.3, 0.4) is 0 Å². The summed E-state index contributed by atoms with van der Waals surface area (Å²) >= 11 is 0. The first-order valence-electron chi connectivity index (χ1n) is 7.03. The van der Waals surface area contributed by atoms with Crippen LogP contribution in [0.2, 0.25) is 0 Å². The van der Waals surface area contributed by atoms with E-state index in [-0.39, 0.29) is 0 Å². The van der Waals surface area contributed by atoms with Crippen LogP contribution in [-0.4, -0.2) is 30.9 Å². The molecule has 2 N–H and O–H groups in total. The molecule has 1 aromatic heterocycles. The Labute approximate surface area is 124 Å². The van der Waals surface area contributed by atoms with E-state index in [9.17, 15) is 0 Å². The van der Waals surface area contributed by atoms with E-state index in [2.05, 4.69) is 10.1 Å². The molecule has 2 aromatic rings. The molecule has 2 rings (SSSR count). The number of nitrogens with zero attached hydrogens (tertiary/aromatic N) is 2. The van der Waals surface area contributed by atoms with Gasteiger partial charge in [-0.1, -0.05) is 11.6 Å². The second-order valence-electron chi connectivity index (χ2n) is 4.68. The average molecular weight is 291 g/mol. The topological polar surface area (TPSA) is 83.4 Å². The number of ether oxygens (including phenoxy) is 2. The first-order valence-corrected chi connectivity index (χ1v) is 7.03. The number of hydrogen-bond donors (Lipinski definition) is 1. The number of hydrogen-bond acceptors (Lipinski definition) is 6. The van der Waals surface area contributed by atoms with Crippen LogP contribution in [0.4, 0.5) is 0 Å². The van der Waals surface area contributed by atoms with Crippen molar-refractivity contribution < 1.29 is 14.0 Å². The van der Waals surface area contributed by atoms with Crippen molar-refractivity contribution in [3.63, 3.8) is 0 Å². The fourth-order valence-electron chi connectivity index (χ4n) is 2.05. The van der Waals surface area contributed by atoms with Gasteiger partial charge in [-0.15, -0.1) is 0 Å². The second-order valence-corrected chi connectivity index (χ2v) is 4.68. The molecular weight excluding hydrogens is 270 g/mol. The normalized spacial score (nSPS) is 10.6. The largest absolute Gasteiger partial charge is 0.493 e.